The maximum absolute atomic E-state index is 13.0. The molecule has 210 valence electrons. The number of carbonyl (C=O) groups excluding carboxylic acids is 4. The van der Waals surface area contributed by atoms with Crippen molar-refractivity contribution in [2.45, 2.75) is 76.5 Å². The van der Waals surface area contributed by atoms with Gasteiger partial charge in [-0.2, -0.15) is 0 Å². The third-order valence-electron chi connectivity index (χ3n) is 5.40. The lowest BCUT2D eigenvalue weighted by Crippen LogP contribution is -2.59. The Morgan fingerprint density at radius 1 is 0.865 bits per heavy atom. The minimum Gasteiger partial charge on any atom is -0.481 e. The van der Waals surface area contributed by atoms with E-state index >= 15 is 0 Å². The fourth-order valence-corrected chi connectivity index (χ4v) is 3.07. The van der Waals surface area contributed by atoms with E-state index in [2.05, 4.69) is 20.9 Å². The van der Waals surface area contributed by atoms with Crippen molar-refractivity contribution in [3.63, 3.8) is 0 Å². The predicted molar refractivity (Wildman–Crippen MR) is 131 cm³/mol. The van der Waals surface area contributed by atoms with Gasteiger partial charge in [-0.1, -0.05) is 20.3 Å². The molecule has 37 heavy (non-hydrogen) atoms. The molecule has 0 fully saturated rings. The Hall–Kier alpha value is -3.95. The molecule has 0 heterocycles. The van der Waals surface area contributed by atoms with Gasteiger partial charge >= 0.3 is 11.9 Å². The number of hydrogen-bond donors (Lipinski definition) is 9. The monoisotopic (exact) mass is 530 g/mol. The zero-order valence-corrected chi connectivity index (χ0v) is 20.9. The fraction of sp³-hybridized carbons (Fsp3) is 0.667. The molecular weight excluding hydrogens is 492 g/mol. The molecule has 5 atom stereocenters. The maximum atomic E-state index is 13.0. The summed E-state index contributed by atoms with van der Waals surface area (Å²) in [5, 5.41) is 25.4. The first kappa shape index (κ1) is 33.0. The number of carboxylic acid groups (broad SMARTS) is 2. The van der Waals surface area contributed by atoms with Crippen LogP contribution in [0.3, 0.4) is 0 Å². The molecule has 0 saturated carbocycles. The summed E-state index contributed by atoms with van der Waals surface area (Å²) in [6.07, 6.45) is -0.511. The summed E-state index contributed by atoms with van der Waals surface area (Å²) in [6, 6.07) is -5.38. The lowest BCUT2D eigenvalue weighted by molar-refractivity contribution is -0.144. The fourth-order valence-electron chi connectivity index (χ4n) is 3.07. The van der Waals surface area contributed by atoms with Gasteiger partial charge in [-0.05, 0) is 25.2 Å². The molecule has 13 N–H and O–H groups in total. The number of carboxylic acids is 2. The van der Waals surface area contributed by atoms with Crippen molar-refractivity contribution in [3.8, 4) is 0 Å². The molecule has 0 spiro atoms. The van der Waals surface area contributed by atoms with Gasteiger partial charge in [0, 0.05) is 13.0 Å². The van der Waals surface area contributed by atoms with Crippen molar-refractivity contribution in [2.24, 2.45) is 33.8 Å². The average molecular weight is 531 g/mol. The van der Waals surface area contributed by atoms with Gasteiger partial charge in [0.15, 0.2) is 5.96 Å². The second kappa shape index (κ2) is 16.7. The maximum Gasteiger partial charge on any atom is 0.326 e. The van der Waals surface area contributed by atoms with Crippen molar-refractivity contribution < 1.29 is 39.0 Å². The van der Waals surface area contributed by atoms with Gasteiger partial charge in [0.1, 0.15) is 18.1 Å². The number of amides is 4. The van der Waals surface area contributed by atoms with E-state index < -0.39 is 72.1 Å². The van der Waals surface area contributed by atoms with Gasteiger partial charge in [0.25, 0.3) is 0 Å². The quantitative estimate of drug-likeness (QED) is 0.0480. The molecule has 0 aliphatic rings. The van der Waals surface area contributed by atoms with Gasteiger partial charge in [-0.25, -0.2) is 4.79 Å². The lowest BCUT2D eigenvalue weighted by Gasteiger charge is -2.27. The summed E-state index contributed by atoms with van der Waals surface area (Å²) in [5.41, 5.74) is 21.4. The van der Waals surface area contributed by atoms with Crippen LogP contribution in [-0.4, -0.2) is 82.5 Å². The van der Waals surface area contributed by atoms with Crippen LogP contribution < -0.4 is 38.9 Å². The highest BCUT2D eigenvalue weighted by Crippen LogP contribution is 2.10. The molecule has 16 nitrogen and oxygen atoms in total. The Kier molecular flexibility index (Phi) is 14.9. The Labute approximate surface area is 214 Å². The second-order valence-corrected chi connectivity index (χ2v) is 8.49. The van der Waals surface area contributed by atoms with Crippen LogP contribution in [0.2, 0.25) is 0 Å². The first-order valence-corrected chi connectivity index (χ1v) is 11.6. The van der Waals surface area contributed by atoms with Gasteiger partial charge in [0.2, 0.25) is 23.6 Å². The van der Waals surface area contributed by atoms with Crippen molar-refractivity contribution in [3.05, 3.63) is 0 Å². The molecule has 0 rings (SSSR count). The number of rotatable bonds is 18. The van der Waals surface area contributed by atoms with E-state index in [9.17, 15) is 39.0 Å². The molecule has 16 heteroatoms. The van der Waals surface area contributed by atoms with Crippen molar-refractivity contribution in [1.82, 2.24) is 16.0 Å². The number of carbonyl (C=O) groups is 6. The minimum absolute atomic E-state index is 0.103. The van der Waals surface area contributed by atoms with Crippen LogP contribution in [0.4, 0.5) is 0 Å². The first-order chi connectivity index (χ1) is 17.2. The number of aliphatic carboxylic acids is 2. The Balaban J connectivity index is 5.48. The largest absolute Gasteiger partial charge is 0.481 e. The molecule has 0 aromatic carbocycles. The summed E-state index contributed by atoms with van der Waals surface area (Å²) in [6.45, 7) is 3.66. The molecule has 4 amide bonds. The molecule has 0 aliphatic carbocycles. The first-order valence-electron chi connectivity index (χ1n) is 11.6. The normalized spacial score (nSPS) is 14.7. The minimum atomic E-state index is -1.67. The zero-order valence-electron chi connectivity index (χ0n) is 20.9. The van der Waals surface area contributed by atoms with Crippen molar-refractivity contribution in [1.29, 1.82) is 0 Å². The third kappa shape index (κ3) is 13.6. The van der Waals surface area contributed by atoms with Crippen molar-refractivity contribution in [2.75, 3.05) is 6.54 Å². The van der Waals surface area contributed by atoms with Crippen LogP contribution in [0.1, 0.15) is 52.4 Å². The molecule has 5 unspecified atom stereocenters. The molecular formula is C21H38N8O8. The van der Waals surface area contributed by atoms with Gasteiger partial charge in [-0.15, -0.1) is 0 Å². The van der Waals surface area contributed by atoms with Crippen molar-refractivity contribution >= 4 is 41.5 Å². The highest BCUT2D eigenvalue weighted by molar-refractivity contribution is 5.95. The number of nitrogens with one attached hydrogen (secondary N) is 3. The van der Waals surface area contributed by atoms with E-state index in [1.165, 1.54) is 0 Å². The van der Waals surface area contributed by atoms with E-state index in [0.717, 1.165) is 0 Å². The lowest BCUT2D eigenvalue weighted by atomic mass is 9.97. The van der Waals surface area contributed by atoms with E-state index in [-0.39, 0.29) is 31.8 Å². The summed E-state index contributed by atoms with van der Waals surface area (Å²) in [5.74, 6) is -6.87. The van der Waals surface area contributed by atoms with E-state index in [0.29, 0.717) is 12.8 Å². The second-order valence-electron chi connectivity index (χ2n) is 8.49. The number of nitrogens with zero attached hydrogens (tertiary/aromatic N) is 1. The smallest absolute Gasteiger partial charge is 0.326 e. The molecule has 0 saturated heterocycles. The Morgan fingerprint density at radius 3 is 1.95 bits per heavy atom. The third-order valence-corrected chi connectivity index (χ3v) is 5.40. The average Bonchev–Trinajstić information content (AvgIpc) is 2.80. The van der Waals surface area contributed by atoms with Gasteiger partial charge in [-0.3, -0.25) is 29.0 Å². The van der Waals surface area contributed by atoms with E-state index in [4.69, 9.17) is 22.9 Å². The zero-order chi connectivity index (χ0) is 28.7. The SMILES string of the molecule is CCC(C)C(NC(=O)C(N)CCCN=C(N)N)C(=O)NC(CC(=O)O)C(=O)NC(CCC(N)=O)C(=O)O. The standard InChI is InChI=1S/C21H38N8O8/c1-3-10(2)16(29-17(33)11(22)5-4-8-26-21(24)25)19(35)28-13(9-15(31)32)18(34)27-12(20(36)37)6-7-14(23)30/h10-13,16H,3-9,22H2,1-2H3,(H2,23,30)(H,27,34)(H,28,35)(H,29,33)(H,31,32)(H,36,37)(H4,24,25,26). The highest BCUT2D eigenvalue weighted by atomic mass is 16.4. The number of nitrogens with two attached hydrogens (primary N) is 4. The van der Waals surface area contributed by atoms with Gasteiger partial charge < -0.3 is 49.1 Å². The number of hydrogen-bond acceptors (Lipinski definition) is 8. The topological polar surface area (TPSA) is 295 Å². The van der Waals surface area contributed by atoms with Crippen LogP contribution in [0, 0.1) is 5.92 Å². The molecule has 0 radical (unpaired) electrons. The van der Waals surface area contributed by atoms with Crippen LogP contribution in [-0.2, 0) is 28.8 Å². The van der Waals surface area contributed by atoms with Crippen LogP contribution in [0.5, 0.6) is 0 Å². The molecule has 0 bridgehead atoms. The number of guanidine groups is 1. The molecule has 0 aromatic heterocycles. The van der Waals surface area contributed by atoms with E-state index in [1.807, 2.05) is 0 Å². The summed E-state index contributed by atoms with van der Waals surface area (Å²) < 4.78 is 0. The summed E-state index contributed by atoms with van der Waals surface area (Å²) >= 11 is 0. The van der Waals surface area contributed by atoms with E-state index in [1.54, 1.807) is 13.8 Å². The summed E-state index contributed by atoms with van der Waals surface area (Å²) in [4.78, 5) is 75.7. The number of aliphatic imine (C=N–C) groups is 1. The van der Waals surface area contributed by atoms with Crippen LogP contribution in [0.25, 0.3) is 0 Å². The van der Waals surface area contributed by atoms with Gasteiger partial charge in [0.05, 0.1) is 12.5 Å². The molecule has 0 aliphatic heterocycles. The highest BCUT2D eigenvalue weighted by Gasteiger charge is 2.33. The van der Waals surface area contributed by atoms with Crippen LogP contribution in [0.15, 0.2) is 4.99 Å². The Morgan fingerprint density at radius 2 is 1.46 bits per heavy atom. The predicted octanol–water partition coefficient (Wildman–Crippen LogP) is -3.31. The molecule has 0 aromatic rings. The van der Waals surface area contributed by atoms with Crippen LogP contribution >= 0.6 is 0 Å². The summed E-state index contributed by atoms with van der Waals surface area (Å²) in [7, 11) is 0. The number of primary amides is 1. The Bertz CT molecular complexity index is 861.